The molecule has 0 aliphatic heterocycles. The van der Waals surface area contributed by atoms with Crippen molar-refractivity contribution in [1.29, 1.82) is 10.7 Å². The van der Waals surface area contributed by atoms with Crippen LogP contribution >= 0.6 is 0 Å². The minimum absolute atomic E-state index is 0.174. The Morgan fingerprint density at radius 2 is 2.44 bits per heavy atom. The molecule has 0 aliphatic carbocycles. The first kappa shape index (κ1) is 13.3. The van der Waals surface area contributed by atoms with Gasteiger partial charge in [0.25, 0.3) is 0 Å². The van der Waals surface area contributed by atoms with Crippen molar-refractivity contribution in [3.8, 4) is 11.8 Å². The van der Waals surface area contributed by atoms with E-state index in [1.165, 1.54) is 0 Å². The van der Waals surface area contributed by atoms with Crippen LogP contribution in [0, 0.1) is 16.7 Å². The zero-order valence-corrected chi connectivity index (χ0v) is 9.68. The van der Waals surface area contributed by atoms with E-state index in [1.54, 1.807) is 36.4 Å². The van der Waals surface area contributed by atoms with Gasteiger partial charge in [-0.15, -0.1) is 0 Å². The third-order valence-electron chi connectivity index (χ3n) is 1.86. The molecule has 1 aromatic carbocycles. The average Bonchev–Trinajstić information content (AvgIpc) is 2.37. The van der Waals surface area contributed by atoms with E-state index in [2.05, 4.69) is 17.1 Å². The molecule has 0 aromatic heterocycles. The Kier molecular flexibility index (Phi) is 4.94. The molecule has 1 rings (SSSR count). The van der Waals surface area contributed by atoms with Crippen molar-refractivity contribution in [3.63, 3.8) is 0 Å². The zero-order chi connectivity index (χ0) is 13.4. The number of anilines is 1. The molecule has 1 aromatic rings. The number of nitriles is 1. The Hall–Kier alpha value is -2.81. The van der Waals surface area contributed by atoms with Gasteiger partial charge in [0.2, 0.25) is 5.71 Å². The van der Waals surface area contributed by atoms with Gasteiger partial charge < -0.3 is 10.5 Å². The van der Waals surface area contributed by atoms with Gasteiger partial charge in [0.05, 0.1) is 5.69 Å². The molecule has 0 bridgehead atoms. The van der Waals surface area contributed by atoms with E-state index in [9.17, 15) is 0 Å². The Morgan fingerprint density at radius 3 is 3.06 bits per heavy atom. The fourth-order valence-electron chi connectivity index (χ4n) is 1.08. The fourth-order valence-corrected chi connectivity index (χ4v) is 1.08. The average molecular weight is 243 g/mol. The Morgan fingerprint density at radius 1 is 1.67 bits per heavy atom. The number of hydrazone groups is 1. The molecule has 0 heterocycles. The molecule has 0 unspecified atom stereocenters. The van der Waals surface area contributed by atoms with Gasteiger partial charge in [-0.25, -0.2) is 0 Å². The van der Waals surface area contributed by atoms with Gasteiger partial charge in [-0.2, -0.15) is 10.4 Å². The van der Waals surface area contributed by atoms with Crippen molar-refractivity contribution in [2.24, 2.45) is 10.8 Å². The highest BCUT2D eigenvalue weighted by Crippen LogP contribution is 2.17. The fraction of sp³-hybridized carbons (Fsp3) is 0.0833. The summed E-state index contributed by atoms with van der Waals surface area (Å²) in [5, 5.41) is 19.5. The summed E-state index contributed by atoms with van der Waals surface area (Å²) in [7, 11) is 0. The second kappa shape index (κ2) is 6.70. The van der Waals surface area contributed by atoms with Gasteiger partial charge in [0, 0.05) is 6.07 Å². The molecule has 0 amide bonds. The number of nitrogens with zero attached hydrogens (tertiary/aromatic N) is 2. The number of benzene rings is 1. The lowest BCUT2D eigenvalue weighted by molar-refractivity contribution is 0.363. The molecule has 0 atom stereocenters. The predicted octanol–water partition coefficient (Wildman–Crippen LogP) is 1.48. The van der Waals surface area contributed by atoms with Crippen molar-refractivity contribution >= 4 is 17.2 Å². The highest BCUT2D eigenvalue weighted by atomic mass is 16.5. The smallest absolute Gasteiger partial charge is 0.201 e. The zero-order valence-electron chi connectivity index (χ0n) is 9.68. The molecule has 6 nitrogen and oxygen atoms in total. The van der Waals surface area contributed by atoms with Gasteiger partial charge >= 0.3 is 0 Å². The van der Waals surface area contributed by atoms with Gasteiger partial charge in [0.15, 0.2) is 5.84 Å². The maximum absolute atomic E-state index is 8.67. The van der Waals surface area contributed by atoms with Crippen LogP contribution in [-0.2, 0) is 0 Å². The summed E-state index contributed by atoms with van der Waals surface area (Å²) in [6.45, 7) is 3.96. The van der Waals surface area contributed by atoms with Gasteiger partial charge in [-0.05, 0) is 12.1 Å². The predicted molar refractivity (Wildman–Crippen MR) is 70.7 cm³/mol. The number of nitrogens with one attached hydrogen (secondary N) is 2. The molecular formula is C12H13N5O. The maximum Gasteiger partial charge on any atom is 0.201 e. The summed E-state index contributed by atoms with van der Waals surface area (Å²) in [4.78, 5) is 0. The van der Waals surface area contributed by atoms with E-state index in [0.29, 0.717) is 18.0 Å². The van der Waals surface area contributed by atoms with Crippen molar-refractivity contribution in [2.75, 3.05) is 12.0 Å². The van der Waals surface area contributed by atoms with Crippen molar-refractivity contribution in [2.45, 2.75) is 0 Å². The van der Waals surface area contributed by atoms with Crippen LogP contribution in [0.5, 0.6) is 5.75 Å². The molecule has 0 aliphatic rings. The summed E-state index contributed by atoms with van der Waals surface area (Å²) < 4.78 is 5.34. The lowest BCUT2D eigenvalue weighted by Crippen LogP contribution is -2.21. The molecule has 18 heavy (non-hydrogen) atoms. The van der Waals surface area contributed by atoms with Crippen LogP contribution in [0.25, 0.3) is 0 Å². The van der Waals surface area contributed by atoms with Crippen molar-refractivity contribution < 1.29 is 4.74 Å². The SMILES string of the molecule is C=CCOc1cccc(N/N=C(\C#N)C(=N)N)c1. The monoisotopic (exact) mass is 243 g/mol. The summed E-state index contributed by atoms with van der Waals surface area (Å²) in [5.74, 6) is 0.264. The molecule has 92 valence electrons. The molecule has 6 heteroatoms. The van der Waals surface area contributed by atoms with Crippen LogP contribution in [0.15, 0.2) is 42.0 Å². The summed E-state index contributed by atoms with van der Waals surface area (Å²) in [6.07, 6.45) is 1.64. The molecule has 0 spiro atoms. The number of nitrogens with two attached hydrogens (primary N) is 1. The van der Waals surface area contributed by atoms with Crippen molar-refractivity contribution in [1.82, 2.24) is 0 Å². The van der Waals surface area contributed by atoms with E-state index in [1.807, 2.05) is 0 Å². The highest BCUT2D eigenvalue weighted by molar-refractivity contribution is 6.45. The topological polar surface area (TPSA) is 107 Å². The van der Waals surface area contributed by atoms with Crippen LogP contribution in [0.2, 0.25) is 0 Å². The van der Waals surface area contributed by atoms with E-state index < -0.39 is 0 Å². The number of ether oxygens (including phenoxy) is 1. The van der Waals surface area contributed by atoms with Crippen LogP contribution < -0.4 is 15.9 Å². The lowest BCUT2D eigenvalue weighted by Gasteiger charge is -2.05. The lowest BCUT2D eigenvalue weighted by atomic mass is 10.3. The van der Waals surface area contributed by atoms with Gasteiger partial charge in [-0.3, -0.25) is 10.8 Å². The van der Waals surface area contributed by atoms with Crippen LogP contribution in [0.3, 0.4) is 0 Å². The maximum atomic E-state index is 8.67. The number of hydrogen-bond acceptors (Lipinski definition) is 5. The molecule has 0 fully saturated rings. The molecule has 0 saturated carbocycles. The Balaban J connectivity index is 2.76. The standard InChI is InChI=1S/C12H13N5O/c1-2-6-18-10-5-3-4-9(7-10)16-17-11(8-13)12(14)15/h2-5,7,16H,1,6H2,(H3,14,15)/b17-11+. The summed E-state index contributed by atoms with van der Waals surface area (Å²) in [6, 6.07) is 8.73. The van der Waals surface area contributed by atoms with E-state index in [4.69, 9.17) is 21.1 Å². The van der Waals surface area contributed by atoms with E-state index >= 15 is 0 Å². The number of amidine groups is 1. The Labute approximate surface area is 105 Å². The number of rotatable bonds is 6. The van der Waals surface area contributed by atoms with Crippen LogP contribution in [0.1, 0.15) is 0 Å². The third-order valence-corrected chi connectivity index (χ3v) is 1.86. The normalized spacial score (nSPS) is 10.3. The summed E-state index contributed by atoms with van der Waals surface area (Å²) >= 11 is 0. The number of hydrogen-bond donors (Lipinski definition) is 3. The first-order valence-electron chi connectivity index (χ1n) is 5.09. The minimum Gasteiger partial charge on any atom is -0.489 e. The Bertz CT molecular complexity index is 515. The molecular weight excluding hydrogens is 230 g/mol. The summed E-state index contributed by atoms with van der Waals surface area (Å²) in [5.41, 5.74) is 8.25. The second-order valence-corrected chi connectivity index (χ2v) is 3.23. The first-order chi connectivity index (χ1) is 8.67. The van der Waals surface area contributed by atoms with Crippen molar-refractivity contribution in [3.05, 3.63) is 36.9 Å². The largest absolute Gasteiger partial charge is 0.489 e. The highest BCUT2D eigenvalue weighted by Gasteiger charge is 2.01. The minimum atomic E-state index is -0.385. The van der Waals surface area contributed by atoms with E-state index in [-0.39, 0.29) is 11.5 Å². The van der Waals surface area contributed by atoms with E-state index in [0.717, 1.165) is 0 Å². The molecule has 0 radical (unpaired) electrons. The van der Waals surface area contributed by atoms with Crippen LogP contribution in [-0.4, -0.2) is 18.2 Å². The quantitative estimate of drug-likeness (QED) is 0.304. The van der Waals surface area contributed by atoms with Gasteiger partial charge in [-0.1, -0.05) is 18.7 Å². The van der Waals surface area contributed by atoms with Gasteiger partial charge in [0.1, 0.15) is 18.4 Å². The van der Waals surface area contributed by atoms with Crippen LogP contribution in [0.4, 0.5) is 5.69 Å². The second-order valence-electron chi connectivity index (χ2n) is 3.23. The molecule has 4 N–H and O–H groups in total. The first-order valence-corrected chi connectivity index (χ1v) is 5.09. The molecule has 0 saturated heterocycles. The third kappa shape index (κ3) is 3.98.